The van der Waals surface area contributed by atoms with Crippen LogP contribution in [0.1, 0.15) is 53.2 Å². The lowest BCUT2D eigenvalue weighted by Gasteiger charge is -2.13. The molecule has 2 N–H and O–H groups in total. The Balaban J connectivity index is 0.00000225. The molecule has 1 saturated carbocycles. The van der Waals surface area contributed by atoms with Gasteiger partial charge in [0.05, 0.1) is 28.7 Å². The number of amides is 1. The van der Waals surface area contributed by atoms with Gasteiger partial charge in [-0.3, -0.25) is 4.79 Å². The van der Waals surface area contributed by atoms with Crippen LogP contribution in [0.2, 0.25) is 0 Å². The van der Waals surface area contributed by atoms with Gasteiger partial charge in [0.25, 0.3) is 5.91 Å². The van der Waals surface area contributed by atoms with Gasteiger partial charge in [-0.1, -0.05) is 6.07 Å². The first kappa shape index (κ1) is 20.7. The maximum atomic E-state index is 13.0. The second kappa shape index (κ2) is 8.13. The molecule has 2 heterocycles. The van der Waals surface area contributed by atoms with Crippen LogP contribution in [0.15, 0.2) is 30.5 Å². The molecule has 152 valence electrons. The summed E-state index contributed by atoms with van der Waals surface area (Å²) in [7, 11) is 0. The van der Waals surface area contributed by atoms with Crippen molar-refractivity contribution >= 4 is 18.3 Å². The molecule has 2 fully saturated rings. The highest BCUT2D eigenvalue weighted by molar-refractivity contribution is 5.95. The van der Waals surface area contributed by atoms with Gasteiger partial charge in [0.1, 0.15) is 0 Å². The van der Waals surface area contributed by atoms with E-state index in [4.69, 9.17) is 0 Å². The van der Waals surface area contributed by atoms with Gasteiger partial charge in [0.2, 0.25) is 0 Å². The van der Waals surface area contributed by atoms with Crippen LogP contribution in [0.25, 0.3) is 5.69 Å². The van der Waals surface area contributed by atoms with E-state index in [0.717, 1.165) is 44.4 Å². The van der Waals surface area contributed by atoms with Crippen molar-refractivity contribution in [2.75, 3.05) is 13.1 Å². The molecular weight excluding hydrogens is 393 g/mol. The molecule has 28 heavy (non-hydrogen) atoms. The Bertz CT molecular complexity index is 842. The Labute approximate surface area is 167 Å². The van der Waals surface area contributed by atoms with Crippen molar-refractivity contribution in [3.05, 3.63) is 47.3 Å². The van der Waals surface area contributed by atoms with E-state index in [1.807, 2.05) is 0 Å². The molecule has 2 aromatic rings. The van der Waals surface area contributed by atoms with Crippen molar-refractivity contribution in [3.8, 4) is 5.69 Å². The summed E-state index contributed by atoms with van der Waals surface area (Å²) in [5.74, 6) is -0.0591. The lowest BCUT2D eigenvalue weighted by Crippen LogP contribution is -2.37. The number of carbonyl (C=O) groups excluding carboxylic acids is 1. The van der Waals surface area contributed by atoms with Crippen LogP contribution in [0, 0.1) is 0 Å². The highest BCUT2D eigenvalue weighted by Crippen LogP contribution is 2.42. The Kier molecular flexibility index (Phi) is 6.00. The largest absolute Gasteiger partial charge is 0.416 e. The number of halogens is 4. The summed E-state index contributed by atoms with van der Waals surface area (Å²) in [5, 5.41) is 10.5. The SMILES string of the molecule is Cl.O=C(NCC1CCCN1)c1cnn(-c2cccc(C(F)(F)F)c2)c1C1CC1. The molecule has 2 aliphatic rings. The summed E-state index contributed by atoms with van der Waals surface area (Å²) in [5.41, 5.74) is 0.748. The van der Waals surface area contributed by atoms with Crippen molar-refractivity contribution < 1.29 is 18.0 Å². The van der Waals surface area contributed by atoms with Crippen molar-refractivity contribution in [2.45, 2.75) is 43.8 Å². The molecule has 1 atom stereocenters. The van der Waals surface area contributed by atoms with Crippen molar-refractivity contribution in [2.24, 2.45) is 0 Å². The summed E-state index contributed by atoms with van der Waals surface area (Å²) in [4.78, 5) is 12.7. The molecule has 5 nitrogen and oxygen atoms in total. The lowest BCUT2D eigenvalue weighted by atomic mass is 10.1. The molecule has 1 amide bonds. The third kappa shape index (κ3) is 4.33. The number of rotatable bonds is 5. The number of aromatic nitrogens is 2. The number of nitrogens with one attached hydrogen (secondary N) is 2. The maximum Gasteiger partial charge on any atom is 0.416 e. The Morgan fingerprint density at radius 1 is 1.29 bits per heavy atom. The fraction of sp³-hybridized carbons (Fsp3) is 0.474. The van der Waals surface area contributed by atoms with E-state index < -0.39 is 11.7 Å². The van der Waals surface area contributed by atoms with Crippen LogP contribution in [0.4, 0.5) is 13.2 Å². The third-order valence-electron chi connectivity index (χ3n) is 5.10. The monoisotopic (exact) mass is 414 g/mol. The highest BCUT2D eigenvalue weighted by Gasteiger charge is 2.34. The number of nitrogens with zero attached hydrogens (tertiary/aromatic N) is 2. The van der Waals surface area contributed by atoms with Crippen LogP contribution >= 0.6 is 12.4 Å². The molecule has 9 heteroatoms. The summed E-state index contributed by atoms with van der Waals surface area (Å²) < 4.78 is 40.6. The molecule has 1 unspecified atom stereocenters. The quantitative estimate of drug-likeness (QED) is 0.784. The topological polar surface area (TPSA) is 59.0 Å². The molecule has 0 spiro atoms. The lowest BCUT2D eigenvalue weighted by molar-refractivity contribution is -0.137. The van der Waals surface area contributed by atoms with Crippen molar-refractivity contribution in [1.82, 2.24) is 20.4 Å². The molecular formula is C19H22ClF3N4O. The number of carbonyl (C=O) groups is 1. The van der Waals surface area contributed by atoms with E-state index >= 15 is 0 Å². The smallest absolute Gasteiger partial charge is 0.350 e. The summed E-state index contributed by atoms with van der Waals surface area (Å²) in [6, 6.07) is 5.33. The molecule has 1 aliphatic carbocycles. The Hall–Kier alpha value is -2.06. The van der Waals surface area contributed by atoms with Gasteiger partial charge >= 0.3 is 6.18 Å². The minimum Gasteiger partial charge on any atom is -0.350 e. The Morgan fingerprint density at radius 3 is 2.71 bits per heavy atom. The standard InChI is InChI=1S/C19H21F3N4O.ClH/c20-19(21,22)13-3-1-5-15(9-13)26-17(12-6-7-12)16(11-25-26)18(27)24-10-14-4-2-8-23-14;/h1,3,5,9,11-12,14,23H,2,4,6-8,10H2,(H,24,27);1H. The minimum absolute atomic E-state index is 0. The van der Waals surface area contributed by atoms with Crippen molar-refractivity contribution in [3.63, 3.8) is 0 Å². The summed E-state index contributed by atoms with van der Waals surface area (Å²) >= 11 is 0. The van der Waals surface area contributed by atoms with Crippen LogP contribution in [0.5, 0.6) is 0 Å². The predicted molar refractivity (Wildman–Crippen MR) is 101 cm³/mol. The maximum absolute atomic E-state index is 13.0. The van der Waals surface area contributed by atoms with Crippen LogP contribution in [-0.4, -0.2) is 34.8 Å². The van der Waals surface area contributed by atoms with E-state index in [2.05, 4.69) is 15.7 Å². The normalized spacial score (nSPS) is 19.3. The first-order chi connectivity index (χ1) is 12.9. The zero-order valence-electron chi connectivity index (χ0n) is 15.1. The van der Waals surface area contributed by atoms with Crippen molar-refractivity contribution in [1.29, 1.82) is 0 Å². The zero-order valence-corrected chi connectivity index (χ0v) is 15.9. The first-order valence-corrected chi connectivity index (χ1v) is 9.20. The summed E-state index contributed by atoms with van der Waals surface area (Å²) in [6.45, 7) is 1.50. The predicted octanol–water partition coefficient (Wildman–Crippen LogP) is 3.67. The molecule has 1 aromatic carbocycles. The van der Waals surface area contributed by atoms with Gasteiger partial charge in [-0.05, 0) is 50.4 Å². The van der Waals surface area contributed by atoms with Crippen LogP contribution in [-0.2, 0) is 6.18 Å². The number of hydrogen-bond acceptors (Lipinski definition) is 3. The molecule has 1 aliphatic heterocycles. The van der Waals surface area contributed by atoms with E-state index in [1.54, 1.807) is 6.07 Å². The van der Waals surface area contributed by atoms with Gasteiger partial charge in [-0.2, -0.15) is 18.3 Å². The van der Waals surface area contributed by atoms with Gasteiger partial charge in [0.15, 0.2) is 0 Å². The van der Waals surface area contributed by atoms with Gasteiger partial charge in [-0.25, -0.2) is 4.68 Å². The number of alkyl halides is 3. The molecule has 0 bridgehead atoms. The number of benzene rings is 1. The molecule has 1 aromatic heterocycles. The van der Waals surface area contributed by atoms with Crippen LogP contribution < -0.4 is 10.6 Å². The molecule has 1 saturated heterocycles. The molecule has 0 radical (unpaired) electrons. The van der Waals surface area contributed by atoms with E-state index in [0.29, 0.717) is 23.5 Å². The molecule has 4 rings (SSSR count). The van der Waals surface area contributed by atoms with E-state index in [1.165, 1.54) is 16.9 Å². The zero-order chi connectivity index (χ0) is 19.0. The van der Waals surface area contributed by atoms with Gasteiger partial charge in [0, 0.05) is 18.5 Å². The summed E-state index contributed by atoms with van der Waals surface area (Å²) in [6.07, 6.45) is 0.994. The highest BCUT2D eigenvalue weighted by atomic mass is 35.5. The second-order valence-corrected chi connectivity index (χ2v) is 7.18. The van der Waals surface area contributed by atoms with E-state index in [-0.39, 0.29) is 30.3 Å². The average molecular weight is 415 g/mol. The number of hydrogen-bond donors (Lipinski definition) is 2. The van der Waals surface area contributed by atoms with E-state index in [9.17, 15) is 18.0 Å². The van der Waals surface area contributed by atoms with Gasteiger partial charge < -0.3 is 10.6 Å². The van der Waals surface area contributed by atoms with Crippen LogP contribution in [0.3, 0.4) is 0 Å². The fourth-order valence-corrected chi connectivity index (χ4v) is 3.54. The third-order valence-corrected chi connectivity index (χ3v) is 5.10. The Morgan fingerprint density at radius 2 is 2.07 bits per heavy atom. The average Bonchev–Trinajstić information content (AvgIpc) is 3.17. The minimum atomic E-state index is -4.42. The first-order valence-electron chi connectivity index (χ1n) is 9.20. The van der Waals surface area contributed by atoms with Gasteiger partial charge in [-0.15, -0.1) is 12.4 Å². The fourth-order valence-electron chi connectivity index (χ4n) is 3.54. The second-order valence-electron chi connectivity index (χ2n) is 7.18.